The minimum atomic E-state index is -0.132. The van der Waals surface area contributed by atoms with Crippen molar-refractivity contribution in [2.24, 2.45) is 0 Å². The second-order valence-corrected chi connectivity index (χ2v) is 4.60. The van der Waals surface area contributed by atoms with Gasteiger partial charge in [0.2, 0.25) is 0 Å². The third kappa shape index (κ3) is 3.87. The Kier molecular flexibility index (Phi) is 5.68. The fourth-order valence-corrected chi connectivity index (χ4v) is 2.13. The predicted molar refractivity (Wildman–Crippen MR) is 78.4 cm³/mol. The zero-order valence-electron chi connectivity index (χ0n) is 11.6. The maximum Gasteiger partial charge on any atom is 0.0755 e. The Labute approximate surface area is 119 Å². The minimum Gasteiger partial charge on any atom is -0.395 e. The fourth-order valence-electron chi connectivity index (χ4n) is 2.13. The van der Waals surface area contributed by atoms with E-state index in [1.54, 1.807) is 13.3 Å². The number of hydrogen-bond acceptors (Lipinski definition) is 4. The summed E-state index contributed by atoms with van der Waals surface area (Å²) < 4.78 is 5.12. The van der Waals surface area contributed by atoms with E-state index in [0.29, 0.717) is 6.61 Å². The standard InChI is InChI=1S/C16H20N2O2/c1-20-12-14(11-19)18-16(13-7-3-2-4-8-13)15-9-5-6-10-17-15/h2-10,14,16,18-19H,11-12H2,1H3. The zero-order valence-corrected chi connectivity index (χ0v) is 11.6. The van der Waals surface area contributed by atoms with Gasteiger partial charge in [0.1, 0.15) is 0 Å². The van der Waals surface area contributed by atoms with Crippen LogP contribution in [0.2, 0.25) is 0 Å². The first-order chi connectivity index (χ1) is 9.85. The lowest BCUT2D eigenvalue weighted by molar-refractivity contribution is 0.124. The lowest BCUT2D eigenvalue weighted by Crippen LogP contribution is -2.39. The van der Waals surface area contributed by atoms with E-state index < -0.39 is 0 Å². The molecule has 2 unspecified atom stereocenters. The number of hydrogen-bond donors (Lipinski definition) is 2. The molecule has 2 aromatic rings. The molecule has 0 spiro atoms. The van der Waals surface area contributed by atoms with Gasteiger partial charge in [-0.3, -0.25) is 10.3 Å². The molecular formula is C16H20N2O2. The molecule has 0 amide bonds. The number of aliphatic hydroxyl groups is 1. The molecular weight excluding hydrogens is 252 g/mol. The number of aliphatic hydroxyl groups excluding tert-OH is 1. The van der Waals surface area contributed by atoms with Gasteiger partial charge < -0.3 is 9.84 Å². The molecule has 0 fully saturated rings. The van der Waals surface area contributed by atoms with Crippen LogP contribution in [-0.2, 0) is 4.74 Å². The average molecular weight is 272 g/mol. The molecule has 0 saturated carbocycles. The van der Waals surface area contributed by atoms with Crippen LogP contribution in [0.15, 0.2) is 54.7 Å². The SMILES string of the molecule is COCC(CO)NC(c1ccccc1)c1ccccn1. The number of benzene rings is 1. The van der Waals surface area contributed by atoms with Gasteiger partial charge in [-0.25, -0.2) is 0 Å². The first-order valence-electron chi connectivity index (χ1n) is 6.67. The summed E-state index contributed by atoms with van der Waals surface area (Å²) in [7, 11) is 1.63. The Morgan fingerprint density at radius 2 is 1.90 bits per heavy atom. The summed E-state index contributed by atoms with van der Waals surface area (Å²) in [6, 6.07) is 15.7. The Balaban J connectivity index is 2.25. The smallest absolute Gasteiger partial charge is 0.0755 e. The van der Waals surface area contributed by atoms with E-state index >= 15 is 0 Å². The summed E-state index contributed by atoms with van der Waals surface area (Å²) in [6.45, 7) is 0.469. The van der Waals surface area contributed by atoms with Gasteiger partial charge in [-0.05, 0) is 17.7 Å². The number of pyridine rings is 1. The van der Waals surface area contributed by atoms with Crippen LogP contribution in [0.4, 0.5) is 0 Å². The van der Waals surface area contributed by atoms with Gasteiger partial charge in [-0.2, -0.15) is 0 Å². The molecule has 1 aromatic carbocycles. The van der Waals surface area contributed by atoms with Crippen molar-refractivity contribution in [3.05, 3.63) is 66.0 Å². The van der Waals surface area contributed by atoms with Gasteiger partial charge in [-0.15, -0.1) is 0 Å². The van der Waals surface area contributed by atoms with Crippen molar-refractivity contribution in [2.45, 2.75) is 12.1 Å². The molecule has 0 aliphatic heterocycles. The molecule has 0 bridgehead atoms. The molecule has 1 aromatic heterocycles. The summed E-state index contributed by atoms with van der Waals surface area (Å²) >= 11 is 0. The van der Waals surface area contributed by atoms with E-state index in [9.17, 15) is 5.11 Å². The van der Waals surface area contributed by atoms with E-state index in [1.165, 1.54) is 0 Å². The quantitative estimate of drug-likeness (QED) is 0.806. The minimum absolute atomic E-state index is 0.0179. The third-order valence-corrected chi connectivity index (χ3v) is 3.11. The zero-order chi connectivity index (χ0) is 14.2. The van der Waals surface area contributed by atoms with Crippen molar-refractivity contribution in [1.29, 1.82) is 0 Å². The average Bonchev–Trinajstić information content (AvgIpc) is 2.53. The Bertz CT molecular complexity index is 451. The number of rotatable bonds is 7. The highest BCUT2D eigenvalue weighted by Gasteiger charge is 2.19. The van der Waals surface area contributed by atoms with Gasteiger partial charge in [-0.1, -0.05) is 36.4 Å². The molecule has 1 heterocycles. The van der Waals surface area contributed by atoms with Crippen LogP contribution in [-0.4, -0.2) is 36.5 Å². The number of aromatic nitrogens is 1. The molecule has 2 N–H and O–H groups in total. The van der Waals surface area contributed by atoms with Crippen molar-refractivity contribution in [1.82, 2.24) is 10.3 Å². The molecule has 106 valence electrons. The van der Waals surface area contributed by atoms with Crippen molar-refractivity contribution >= 4 is 0 Å². The van der Waals surface area contributed by atoms with Crippen LogP contribution < -0.4 is 5.32 Å². The molecule has 20 heavy (non-hydrogen) atoms. The second kappa shape index (κ2) is 7.75. The van der Waals surface area contributed by atoms with Gasteiger partial charge in [0.05, 0.1) is 31.0 Å². The number of nitrogens with one attached hydrogen (secondary N) is 1. The maximum atomic E-state index is 9.44. The molecule has 4 nitrogen and oxygen atoms in total. The summed E-state index contributed by atoms with van der Waals surface area (Å²) in [6.07, 6.45) is 1.78. The molecule has 2 atom stereocenters. The summed E-state index contributed by atoms with van der Waals surface area (Å²) in [5.41, 5.74) is 2.04. The summed E-state index contributed by atoms with van der Waals surface area (Å²) in [5.74, 6) is 0. The first kappa shape index (κ1) is 14.7. The van der Waals surface area contributed by atoms with Crippen molar-refractivity contribution < 1.29 is 9.84 Å². The van der Waals surface area contributed by atoms with E-state index in [2.05, 4.69) is 10.3 Å². The van der Waals surface area contributed by atoms with Crippen LogP contribution in [0.1, 0.15) is 17.3 Å². The number of ether oxygens (including phenoxy) is 1. The van der Waals surface area contributed by atoms with Crippen LogP contribution in [0.25, 0.3) is 0 Å². The molecule has 0 radical (unpaired) electrons. The third-order valence-electron chi connectivity index (χ3n) is 3.11. The highest BCUT2D eigenvalue weighted by atomic mass is 16.5. The Hall–Kier alpha value is -1.75. The van der Waals surface area contributed by atoms with Crippen LogP contribution in [0, 0.1) is 0 Å². The van der Waals surface area contributed by atoms with E-state index in [-0.39, 0.29) is 18.7 Å². The second-order valence-electron chi connectivity index (χ2n) is 4.60. The number of nitrogens with zero attached hydrogens (tertiary/aromatic N) is 1. The topological polar surface area (TPSA) is 54.4 Å². The highest BCUT2D eigenvalue weighted by Crippen LogP contribution is 2.20. The largest absolute Gasteiger partial charge is 0.395 e. The number of methoxy groups -OCH3 is 1. The van der Waals surface area contributed by atoms with E-state index in [0.717, 1.165) is 11.3 Å². The van der Waals surface area contributed by atoms with Crippen LogP contribution >= 0.6 is 0 Å². The summed E-state index contributed by atoms with van der Waals surface area (Å²) in [5, 5.41) is 12.8. The van der Waals surface area contributed by atoms with E-state index in [1.807, 2.05) is 48.5 Å². The predicted octanol–water partition coefficient (Wildman–Crippen LogP) is 1.77. The Morgan fingerprint density at radius 3 is 2.50 bits per heavy atom. The molecule has 2 rings (SSSR count). The Morgan fingerprint density at radius 1 is 1.15 bits per heavy atom. The van der Waals surface area contributed by atoms with Crippen LogP contribution in [0.3, 0.4) is 0 Å². The van der Waals surface area contributed by atoms with Crippen LogP contribution in [0.5, 0.6) is 0 Å². The lowest BCUT2D eigenvalue weighted by Gasteiger charge is -2.24. The van der Waals surface area contributed by atoms with Gasteiger partial charge >= 0.3 is 0 Å². The maximum absolute atomic E-state index is 9.44. The van der Waals surface area contributed by atoms with Crippen molar-refractivity contribution in [2.75, 3.05) is 20.3 Å². The van der Waals surface area contributed by atoms with Crippen molar-refractivity contribution in [3.63, 3.8) is 0 Å². The van der Waals surface area contributed by atoms with Gasteiger partial charge in [0.25, 0.3) is 0 Å². The lowest BCUT2D eigenvalue weighted by atomic mass is 10.0. The van der Waals surface area contributed by atoms with Crippen molar-refractivity contribution in [3.8, 4) is 0 Å². The normalized spacial score (nSPS) is 13.9. The fraction of sp³-hybridized carbons (Fsp3) is 0.312. The monoisotopic (exact) mass is 272 g/mol. The highest BCUT2D eigenvalue weighted by molar-refractivity contribution is 5.27. The van der Waals surface area contributed by atoms with E-state index in [4.69, 9.17) is 4.74 Å². The molecule has 0 saturated heterocycles. The molecule has 0 aliphatic carbocycles. The van der Waals surface area contributed by atoms with Gasteiger partial charge in [0.15, 0.2) is 0 Å². The van der Waals surface area contributed by atoms with Gasteiger partial charge in [0, 0.05) is 13.3 Å². The molecule has 4 heteroatoms. The summed E-state index contributed by atoms with van der Waals surface area (Å²) in [4.78, 5) is 4.42. The first-order valence-corrected chi connectivity index (χ1v) is 6.67. The molecule has 0 aliphatic rings.